The van der Waals surface area contributed by atoms with Gasteiger partial charge in [-0.05, 0) is 31.5 Å². The van der Waals surface area contributed by atoms with Gasteiger partial charge in [0.25, 0.3) is 0 Å². The van der Waals surface area contributed by atoms with E-state index in [0.29, 0.717) is 0 Å². The lowest BCUT2D eigenvalue weighted by Gasteiger charge is -2.37. The minimum Gasteiger partial charge on any atom is -0.370 e. The molecule has 7 heteroatoms. The van der Waals surface area contributed by atoms with E-state index in [2.05, 4.69) is 64.0 Å². The highest BCUT2D eigenvalue weighted by Crippen LogP contribution is 2.25. The zero-order chi connectivity index (χ0) is 19.9. The number of halogens is 1. The molecule has 0 bridgehead atoms. The van der Waals surface area contributed by atoms with Gasteiger partial charge < -0.3 is 19.9 Å². The van der Waals surface area contributed by atoms with Gasteiger partial charge >= 0.3 is 0 Å². The maximum Gasteiger partial charge on any atom is 0.193 e. The van der Waals surface area contributed by atoms with Gasteiger partial charge in [0.15, 0.2) is 5.96 Å². The van der Waals surface area contributed by atoms with E-state index in [0.717, 1.165) is 45.3 Å². The summed E-state index contributed by atoms with van der Waals surface area (Å²) in [6.07, 6.45) is 0.107. The molecule has 6 nitrogen and oxygen atoms in total. The first-order chi connectivity index (χ1) is 13.6. The lowest BCUT2D eigenvalue weighted by molar-refractivity contribution is -0.00836. The van der Waals surface area contributed by atoms with Crippen molar-refractivity contribution in [2.45, 2.75) is 26.9 Å². The molecule has 1 N–H and O–H groups in total. The summed E-state index contributed by atoms with van der Waals surface area (Å²) in [7, 11) is 1.88. The van der Waals surface area contributed by atoms with Crippen LogP contribution < -0.4 is 5.32 Å². The Kier molecular flexibility index (Phi) is 10.1. The number of benzene rings is 1. The number of likely N-dealkylation sites (N-methyl/N-ethyl adjacent to an activating group) is 1. The molecule has 2 saturated heterocycles. The number of nitrogens with one attached hydrogen (secondary N) is 1. The van der Waals surface area contributed by atoms with E-state index in [1.807, 2.05) is 7.05 Å². The van der Waals surface area contributed by atoms with Crippen molar-refractivity contribution in [2.75, 3.05) is 72.6 Å². The standard InChI is InChI=1S/C22H37N5O.HI/c1-5-25-10-12-26(13-11-25)9-8-24-22(23-4)27-14-15-28-21(17-27)20-7-6-18(2)16-19(20)3;/h6-7,16,21H,5,8-15,17H2,1-4H3,(H,23,24);1H. The van der Waals surface area contributed by atoms with E-state index >= 15 is 0 Å². The van der Waals surface area contributed by atoms with Crippen molar-refractivity contribution < 1.29 is 4.74 Å². The van der Waals surface area contributed by atoms with Crippen molar-refractivity contribution in [2.24, 2.45) is 4.99 Å². The van der Waals surface area contributed by atoms with Crippen LogP contribution in [0.1, 0.15) is 29.7 Å². The fourth-order valence-corrected chi connectivity index (χ4v) is 4.20. The molecule has 3 rings (SSSR count). The molecule has 2 fully saturated rings. The molecule has 2 aliphatic heterocycles. The Hall–Kier alpha value is -0.900. The van der Waals surface area contributed by atoms with E-state index in [-0.39, 0.29) is 30.1 Å². The second-order valence-electron chi connectivity index (χ2n) is 7.92. The highest BCUT2D eigenvalue weighted by Gasteiger charge is 2.25. The molecule has 0 aromatic heterocycles. The van der Waals surface area contributed by atoms with Crippen LogP contribution in [0, 0.1) is 13.8 Å². The van der Waals surface area contributed by atoms with E-state index in [1.165, 1.54) is 42.9 Å². The number of guanidine groups is 1. The SMILES string of the molecule is CCN1CCN(CCNC(=NC)N2CCOC(c3ccc(C)cc3C)C2)CC1.I. The Morgan fingerprint density at radius 3 is 2.52 bits per heavy atom. The number of rotatable bonds is 5. The van der Waals surface area contributed by atoms with Gasteiger partial charge in [0.05, 0.1) is 13.2 Å². The van der Waals surface area contributed by atoms with Gasteiger partial charge in [-0.3, -0.25) is 9.89 Å². The van der Waals surface area contributed by atoms with Crippen molar-refractivity contribution in [3.8, 4) is 0 Å². The third-order valence-electron chi connectivity index (χ3n) is 5.97. The van der Waals surface area contributed by atoms with E-state index in [9.17, 15) is 0 Å². The molecule has 1 aromatic rings. The summed E-state index contributed by atoms with van der Waals surface area (Å²) >= 11 is 0. The van der Waals surface area contributed by atoms with Gasteiger partial charge in [0, 0.05) is 52.9 Å². The second kappa shape index (κ2) is 12.1. The number of piperazine rings is 1. The lowest BCUT2D eigenvalue weighted by Crippen LogP contribution is -2.51. The average molecular weight is 515 g/mol. The number of hydrogen-bond donors (Lipinski definition) is 1. The zero-order valence-corrected chi connectivity index (χ0v) is 20.8. The number of hydrogen-bond acceptors (Lipinski definition) is 4. The topological polar surface area (TPSA) is 43.3 Å². The van der Waals surface area contributed by atoms with Crippen LogP contribution in [0.3, 0.4) is 0 Å². The van der Waals surface area contributed by atoms with Crippen molar-refractivity contribution >= 4 is 29.9 Å². The molecule has 164 valence electrons. The first-order valence-electron chi connectivity index (χ1n) is 10.7. The first kappa shape index (κ1) is 24.4. The molecule has 0 amide bonds. The van der Waals surface area contributed by atoms with Gasteiger partial charge in [0.1, 0.15) is 6.10 Å². The van der Waals surface area contributed by atoms with Crippen molar-refractivity contribution in [3.63, 3.8) is 0 Å². The minimum atomic E-state index is 0. The first-order valence-corrected chi connectivity index (χ1v) is 10.7. The number of aryl methyl sites for hydroxylation is 2. The zero-order valence-electron chi connectivity index (χ0n) is 18.5. The molecule has 1 unspecified atom stereocenters. The maximum absolute atomic E-state index is 6.09. The molecule has 2 aliphatic rings. The monoisotopic (exact) mass is 515 g/mol. The van der Waals surface area contributed by atoms with Crippen LogP contribution in [0.4, 0.5) is 0 Å². The predicted octanol–water partition coefficient (Wildman–Crippen LogP) is 2.51. The Balaban J connectivity index is 0.00000300. The number of ether oxygens (including phenoxy) is 1. The Morgan fingerprint density at radius 1 is 1.14 bits per heavy atom. The molecule has 29 heavy (non-hydrogen) atoms. The maximum atomic E-state index is 6.09. The van der Waals surface area contributed by atoms with Crippen molar-refractivity contribution in [3.05, 3.63) is 34.9 Å². The van der Waals surface area contributed by atoms with E-state index < -0.39 is 0 Å². The average Bonchev–Trinajstić information content (AvgIpc) is 2.72. The second-order valence-corrected chi connectivity index (χ2v) is 7.92. The highest BCUT2D eigenvalue weighted by molar-refractivity contribution is 14.0. The molecular weight excluding hydrogens is 477 g/mol. The summed E-state index contributed by atoms with van der Waals surface area (Å²) in [6.45, 7) is 16.9. The van der Waals surface area contributed by atoms with E-state index in [4.69, 9.17) is 4.74 Å². The summed E-state index contributed by atoms with van der Waals surface area (Å²) in [5.41, 5.74) is 3.90. The van der Waals surface area contributed by atoms with Gasteiger partial charge in [-0.15, -0.1) is 24.0 Å². The van der Waals surface area contributed by atoms with Crippen LogP contribution >= 0.6 is 24.0 Å². The van der Waals surface area contributed by atoms with Crippen LogP contribution in [0.25, 0.3) is 0 Å². The molecule has 1 atom stereocenters. The molecule has 0 spiro atoms. The van der Waals surface area contributed by atoms with Crippen molar-refractivity contribution in [1.29, 1.82) is 0 Å². The normalized spacial score (nSPS) is 21.7. The molecule has 0 radical (unpaired) electrons. The fourth-order valence-electron chi connectivity index (χ4n) is 4.20. The minimum absolute atomic E-state index is 0. The number of aliphatic imine (C=N–C) groups is 1. The van der Waals surface area contributed by atoms with E-state index in [1.54, 1.807) is 0 Å². The summed E-state index contributed by atoms with van der Waals surface area (Å²) in [6, 6.07) is 6.63. The molecule has 0 saturated carbocycles. The van der Waals surface area contributed by atoms with Gasteiger partial charge in [-0.25, -0.2) is 0 Å². The number of nitrogens with zero attached hydrogens (tertiary/aromatic N) is 4. The lowest BCUT2D eigenvalue weighted by atomic mass is 10.00. The van der Waals surface area contributed by atoms with Crippen LogP contribution in [-0.2, 0) is 4.74 Å². The highest BCUT2D eigenvalue weighted by atomic mass is 127. The summed E-state index contributed by atoms with van der Waals surface area (Å²) in [5, 5.41) is 3.57. The number of morpholine rings is 1. The third-order valence-corrected chi connectivity index (χ3v) is 5.97. The van der Waals surface area contributed by atoms with Gasteiger partial charge in [0.2, 0.25) is 0 Å². The third kappa shape index (κ3) is 6.80. The predicted molar refractivity (Wildman–Crippen MR) is 132 cm³/mol. The quantitative estimate of drug-likeness (QED) is 0.371. The molecule has 2 heterocycles. The van der Waals surface area contributed by atoms with Gasteiger partial charge in [-0.1, -0.05) is 30.7 Å². The van der Waals surface area contributed by atoms with Crippen LogP contribution in [0.2, 0.25) is 0 Å². The smallest absolute Gasteiger partial charge is 0.193 e. The largest absolute Gasteiger partial charge is 0.370 e. The Bertz CT molecular complexity index is 661. The van der Waals surface area contributed by atoms with Crippen LogP contribution in [0.15, 0.2) is 23.2 Å². The molecule has 0 aliphatic carbocycles. The molecular formula is C22H38IN5O. The Labute approximate surface area is 193 Å². The Morgan fingerprint density at radius 2 is 1.86 bits per heavy atom. The van der Waals surface area contributed by atoms with Crippen LogP contribution in [-0.4, -0.2) is 93.2 Å². The molecule has 1 aromatic carbocycles. The van der Waals surface area contributed by atoms with Gasteiger partial charge in [-0.2, -0.15) is 0 Å². The fraction of sp³-hybridized carbons (Fsp3) is 0.682. The van der Waals surface area contributed by atoms with Crippen LogP contribution in [0.5, 0.6) is 0 Å². The summed E-state index contributed by atoms with van der Waals surface area (Å²) < 4.78 is 6.09. The summed E-state index contributed by atoms with van der Waals surface area (Å²) in [5.74, 6) is 0.991. The van der Waals surface area contributed by atoms with Crippen molar-refractivity contribution in [1.82, 2.24) is 20.0 Å². The summed E-state index contributed by atoms with van der Waals surface area (Å²) in [4.78, 5) is 11.9.